The Morgan fingerprint density at radius 1 is 1.11 bits per heavy atom. The van der Waals surface area contributed by atoms with Gasteiger partial charge in [0.25, 0.3) is 0 Å². The number of fused-ring (bicyclic) bond motifs is 1. The molecule has 0 heterocycles. The van der Waals surface area contributed by atoms with Crippen molar-refractivity contribution in [2.24, 2.45) is 0 Å². The number of ether oxygens (including phenoxy) is 1. The fourth-order valence-corrected chi connectivity index (χ4v) is 2.89. The second-order valence-corrected chi connectivity index (χ2v) is 6.31. The number of carbonyl (C=O) groups is 1. The average molecular weight is 260 g/mol. The van der Waals surface area contributed by atoms with Crippen molar-refractivity contribution in [1.29, 1.82) is 0 Å². The van der Waals surface area contributed by atoms with Gasteiger partial charge in [0.15, 0.2) is 0 Å². The molecule has 0 saturated carbocycles. The van der Waals surface area contributed by atoms with Gasteiger partial charge in [-0.25, -0.2) is 0 Å². The zero-order chi connectivity index (χ0) is 13.2. The maximum Gasteiger partial charge on any atom is 0.321 e. The summed E-state index contributed by atoms with van der Waals surface area (Å²) in [5.74, 6) is -0.208. The summed E-state index contributed by atoms with van der Waals surface area (Å²) < 4.78 is 4.24. The third-order valence-electron chi connectivity index (χ3n) is 2.77. The predicted octanol–water partition coefficient (Wildman–Crippen LogP) is 3.88. The van der Waals surface area contributed by atoms with Crippen molar-refractivity contribution in [2.75, 3.05) is 7.11 Å². The molecule has 0 fully saturated rings. The maximum atomic E-state index is 11.7. The lowest BCUT2D eigenvalue weighted by Crippen LogP contribution is -2.28. The average Bonchev–Trinajstić information content (AvgIpc) is 2.37. The van der Waals surface area contributed by atoms with Crippen molar-refractivity contribution in [3.63, 3.8) is 0 Å². The lowest BCUT2D eigenvalue weighted by Gasteiger charge is -2.20. The Kier molecular flexibility index (Phi) is 3.62. The van der Waals surface area contributed by atoms with Crippen LogP contribution >= 0.6 is 11.8 Å². The Labute approximate surface area is 111 Å². The topological polar surface area (TPSA) is 26.3 Å². The molecule has 18 heavy (non-hydrogen) atoms. The lowest BCUT2D eigenvalue weighted by molar-refractivity contribution is -0.142. The van der Waals surface area contributed by atoms with Crippen molar-refractivity contribution in [3.05, 3.63) is 42.5 Å². The summed E-state index contributed by atoms with van der Waals surface area (Å²) in [6, 6.07) is 14.4. The van der Waals surface area contributed by atoms with Gasteiger partial charge in [-0.05, 0) is 36.8 Å². The molecule has 0 amide bonds. The van der Waals surface area contributed by atoms with E-state index in [1.54, 1.807) is 0 Å². The highest BCUT2D eigenvalue weighted by Gasteiger charge is 2.29. The predicted molar refractivity (Wildman–Crippen MR) is 75.9 cm³/mol. The summed E-state index contributed by atoms with van der Waals surface area (Å²) in [6.45, 7) is 3.75. The molecule has 0 spiro atoms. The second kappa shape index (κ2) is 5.02. The molecule has 94 valence electrons. The largest absolute Gasteiger partial charge is 0.468 e. The third-order valence-corrected chi connectivity index (χ3v) is 3.94. The molecule has 2 rings (SSSR count). The maximum absolute atomic E-state index is 11.7. The van der Waals surface area contributed by atoms with Gasteiger partial charge in [0.2, 0.25) is 0 Å². The molecular formula is C15H16O2S. The van der Waals surface area contributed by atoms with Crippen LogP contribution in [0.5, 0.6) is 0 Å². The molecule has 0 atom stereocenters. The molecule has 0 aliphatic heterocycles. The Hall–Kier alpha value is -1.48. The van der Waals surface area contributed by atoms with Crippen LogP contribution in [0.15, 0.2) is 47.4 Å². The van der Waals surface area contributed by atoms with Crippen LogP contribution in [-0.2, 0) is 9.53 Å². The lowest BCUT2D eigenvalue weighted by atomic mass is 10.1. The molecule has 2 nitrogen and oxygen atoms in total. The quantitative estimate of drug-likeness (QED) is 0.618. The first-order valence-electron chi connectivity index (χ1n) is 5.79. The number of hydrogen-bond acceptors (Lipinski definition) is 3. The first-order chi connectivity index (χ1) is 8.53. The normalized spacial score (nSPS) is 11.5. The fourth-order valence-electron chi connectivity index (χ4n) is 1.81. The van der Waals surface area contributed by atoms with Gasteiger partial charge in [-0.15, -0.1) is 11.8 Å². The van der Waals surface area contributed by atoms with E-state index in [0.717, 1.165) is 4.90 Å². The van der Waals surface area contributed by atoms with Gasteiger partial charge in [-0.3, -0.25) is 4.79 Å². The summed E-state index contributed by atoms with van der Waals surface area (Å²) in [4.78, 5) is 12.7. The highest BCUT2D eigenvalue weighted by Crippen LogP contribution is 2.34. The summed E-state index contributed by atoms with van der Waals surface area (Å²) >= 11 is 1.52. The molecule has 0 unspecified atom stereocenters. The van der Waals surface area contributed by atoms with Crippen molar-refractivity contribution in [2.45, 2.75) is 23.5 Å². The van der Waals surface area contributed by atoms with Crippen molar-refractivity contribution in [3.8, 4) is 0 Å². The number of hydrogen-bond donors (Lipinski definition) is 0. The molecule has 0 aromatic heterocycles. The molecule has 0 aliphatic rings. The fraction of sp³-hybridized carbons (Fsp3) is 0.267. The van der Waals surface area contributed by atoms with Crippen molar-refractivity contribution in [1.82, 2.24) is 0 Å². The molecule has 3 heteroatoms. The number of carbonyl (C=O) groups excluding carboxylic acids is 1. The van der Waals surface area contributed by atoms with Gasteiger partial charge in [0.1, 0.15) is 4.75 Å². The van der Waals surface area contributed by atoms with E-state index >= 15 is 0 Å². The molecule has 0 N–H and O–H groups in total. The highest BCUT2D eigenvalue weighted by atomic mass is 32.2. The van der Waals surface area contributed by atoms with Crippen LogP contribution in [0.2, 0.25) is 0 Å². The van der Waals surface area contributed by atoms with E-state index in [0.29, 0.717) is 0 Å². The van der Waals surface area contributed by atoms with Crippen LogP contribution in [-0.4, -0.2) is 17.8 Å². The number of rotatable bonds is 3. The van der Waals surface area contributed by atoms with Crippen LogP contribution in [0.4, 0.5) is 0 Å². The second-order valence-electron chi connectivity index (χ2n) is 4.61. The van der Waals surface area contributed by atoms with Gasteiger partial charge in [-0.2, -0.15) is 0 Å². The van der Waals surface area contributed by atoms with E-state index in [1.165, 1.54) is 29.6 Å². The highest BCUT2D eigenvalue weighted by molar-refractivity contribution is 8.01. The SMILES string of the molecule is COC(=O)C(C)(C)Sc1ccc2ccccc2c1. The number of thioether (sulfide) groups is 1. The molecule has 0 aliphatic carbocycles. The van der Waals surface area contributed by atoms with Crippen LogP contribution in [0.1, 0.15) is 13.8 Å². The molecule has 2 aromatic carbocycles. The van der Waals surface area contributed by atoms with Crippen LogP contribution < -0.4 is 0 Å². The number of benzene rings is 2. The molecular weight excluding hydrogens is 244 g/mol. The Morgan fingerprint density at radius 2 is 1.78 bits per heavy atom. The minimum Gasteiger partial charge on any atom is -0.468 e. The molecule has 0 saturated heterocycles. The molecule has 2 aromatic rings. The minimum absolute atomic E-state index is 0.208. The number of esters is 1. The smallest absolute Gasteiger partial charge is 0.321 e. The monoisotopic (exact) mass is 260 g/mol. The van der Waals surface area contributed by atoms with E-state index in [2.05, 4.69) is 24.3 Å². The zero-order valence-electron chi connectivity index (χ0n) is 10.8. The van der Waals surface area contributed by atoms with E-state index in [1.807, 2.05) is 32.0 Å². The van der Waals surface area contributed by atoms with Crippen molar-refractivity contribution >= 4 is 28.5 Å². The molecule has 0 radical (unpaired) electrons. The summed E-state index contributed by atoms with van der Waals surface area (Å²) in [7, 11) is 1.42. The van der Waals surface area contributed by atoms with Gasteiger partial charge >= 0.3 is 5.97 Å². The van der Waals surface area contributed by atoms with Gasteiger partial charge in [0, 0.05) is 4.90 Å². The van der Waals surface area contributed by atoms with Crippen molar-refractivity contribution < 1.29 is 9.53 Å². The van der Waals surface area contributed by atoms with Crippen LogP contribution in [0.3, 0.4) is 0 Å². The first-order valence-corrected chi connectivity index (χ1v) is 6.61. The Balaban J connectivity index is 2.29. The van der Waals surface area contributed by atoms with Crippen LogP contribution in [0, 0.1) is 0 Å². The van der Waals surface area contributed by atoms with Crippen LogP contribution in [0.25, 0.3) is 10.8 Å². The van der Waals surface area contributed by atoms with E-state index in [9.17, 15) is 4.79 Å². The van der Waals surface area contributed by atoms with E-state index in [4.69, 9.17) is 4.74 Å². The standard InChI is InChI=1S/C15H16O2S/c1-15(2,14(16)17-3)18-13-9-8-11-6-4-5-7-12(11)10-13/h4-10H,1-3H3. The first kappa shape index (κ1) is 13.0. The summed E-state index contributed by atoms with van der Waals surface area (Å²) in [5.41, 5.74) is 0. The summed E-state index contributed by atoms with van der Waals surface area (Å²) in [6.07, 6.45) is 0. The minimum atomic E-state index is -0.572. The van der Waals surface area contributed by atoms with E-state index in [-0.39, 0.29) is 5.97 Å². The zero-order valence-corrected chi connectivity index (χ0v) is 11.6. The van der Waals surface area contributed by atoms with Gasteiger partial charge < -0.3 is 4.74 Å². The molecule has 0 bridgehead atoms. The Bertz CT molecular complexity index is 575. The third kappa shape index (κ3) is 2.67. The summed E-state index contributed by atoms with van der Waals surface area (Å²) in [5, 5.41) is 2.39. The number of methoxy groups -OCH3 is 1. The van der Waals surface area contributed by atoms with Gasteiger partial charge in [0.05, 0.1) is 7.11 Å². The Morgan fingerprint density at radius 3 is 2.44 bits per heavy atom. The van der Waals surface area contributed by atoms with E-state index < -0.39 is 4.75 Å². The van der Waals surface area contributed by atoms with Gasteiger partial charge in [-0.1, -0.05) is 30.3 Å².